The lowest BCUT2D eigenvalue weighted by molar-refractivity contribution is 0.588. The van der Waals surface area contributed by atoms with Gasteiger partial charge in [-0.3, -0.25) is 4.21 Å². The highest BCUT2D eigenvalue weighted by Crippen LogP contribution is 2.34. The van der Waals surface area contributed by atoms with E-state index in [1.165, 1.54) is 11.1 Å². The van der Waals surface area contributed by atoms with Gasteiger partial charge in [0.25, 0.3) is 0 Å². The molecule has 2 atom stereocenters. The summed E-state index contributed by atoms with van der Waals surface area (Å²) in [6, 6.07) is 13.8. The summed E-state index contributed by atoms with van der Waals surface area (Å²) in [6.45, 7) is 0. The van der Waals surface area contributed by atoms with Crippen LogP contribution in [0, 0.1) is 0 Å². The Hall–Kier alpha value is -1.32. The predicted molar refractivity (Wildman–Crippen MR) is 89.3 cm³/mol. The van der Waals surface area contributed by atoms with Crippen molar-refractivity contribution in [3.8, 4) is 0 Å². The Kier molecular flexibility index (Phi) is 4.32. The Bertz CT molecular complexity index is 666. The Morgan fingerprint density at radius 2 is 2.00 bits per heavy atom. The molecular formula is C17H18ClNOS. The SMILES string of the molecule is Nc1cccc(Cl)c1S(=O)CC1CCCc2ccccc21. The van der Waals surface area contributed by atoms with Crippen LogP contribution >= 0.6 is 11.6 Å². The minimum absolute atomic E-state index is 0.325. The quantitative estimate of drug-likeness (QED) is 0.864. The lowest BCUT2D eigenvalue weighted by Gasteiger charge is -2.25. The number of nitrogen functional groups attached to an aromatic ring is 1. The van der Waals surface area contributed by atoms with Crippen molar-refractivity contribution >= 4 is 28.1 Å². The van der Waals surface area contributed by atoms with Gasteiger partial charge in [0, 0.05) is 11.4 Å². The van der Waals surface area contributed by atoms with Crippen molar-refractivity contribution in [2.75, 3.05) is 11.5 Å². The molecule has 3 rings (SSSR count). The number of anilines is 1. The number of fused-ring (bicyclic) bond motifs is 1. The number of aryl methyl sites for hydroxylation is 1. The van der Waals surface area contributed by atoms with Crippen LogP contribution in [-0.2, 0) is 17.2 Å². The molecule has 0 bridgehead atoms. The topological polar surface area (TPSA) is 43.1 Å². The van der Waals surface area contributed by atoms with Gasteiger partial charge >= 0.3 is 0 Å². The number of benzene rings is 2. The molecule has 0 heterocycles. The summed E-state index contributed by atoms with van der Waals surface area (Å²) in [5, 5.41) is 0.498. The second-order valence-corrected chi connectivity index (χ2v) is 7.30. The maximum Gasteiger partial charge on any atom is 0.0803 e. The fourth-order valence-corrected chi connectivity index (χ4v) is 4.99. The van der Waals surface area contributed by atoms with Crippen LogP contribution in [0.15, 0.2) is 47.4 Å². The van der Waals surface area contributed by atoms with Gasteiger partial charge in [0.1, 0.15) is 0 Å². The molecule has 0 spiro atoms. The van der Waals surface area contributed by atoms with Crippen molar-refractivity contribution in [3.63, 3.8) is 0 Å². The minimum atomic E-state index is -1.17. The van der Waals surface area contributed by atoms with Crippen molar-refractivity contribution in [2.45, 2.75) is 30.1 Å². The van der Waals surface area contributed by atoms with Crippen molar-refractivity contribution < 1.29 is 4.21 Å². The number of hydrogen-bond acceptors (Lipinski definition) is 2. The van der Waals surface area contributed by atoms with Crippen LogP contribution in [0.3, 0.4) is 0 Å². The van der Waals surface area contributed by atoms with Crippen molar-refractivity contribution in [1.29, 1.82) is 0 Å². The monoisotopic (exact) mass is 319 g/mol. The Morgan fingerprint density at radius 1 is 1.19 bits per heavy atom. The maximum atomic E-state index is 12.7. The lowest BCUT2D eigenvalue weighted by atomic mass is 9.84. The summed E-state index contributed by atoms with van der Waals surface area (Å²) < 4.78 is 12.7. The van der Waals surface area contributed by atoms with Crippen LogP contribution in [0.4, 0.5) is 5.69 Å². The normalized spacial score (nSPS) is 19.0. The lowest BCUT2D eigenvalue weighted by Crippen LogP contribution is -2.16. The number of nitrogens with two attached hydrogens (primary N) is 1. The first-order chi connectivity index (χ1) is 10.2. The summed E-state index contributed by atoms with van der Waals surface area (Å²) in [5.74, 6) is 0.914. The van der Waals surface area contributed by atoms with Gasteiger partial charge in [-0.2, -0.15) is 0 Å². The van der Waals surface area contributed by atoms with E-state index < -0.39 is 10.8 Å². The van der Waals surface area contributed by atoms with E-state index >= 15 is 0 Å². The molecule has 1 aliphatic rings. The maximum absolute atomic E-state index is 12.7. The molecule has 110 valence electrons. The zero-order valence-corrected chi connectivity index (χ0v) is 13.3. The van der Waals surface area contributed by atoms with Gasteiger partial charge in [0.05, 0.1) is 20.7 Å². The number of halogens is 1. The molecular weight excluding hydrogens is 302 g/mol. The number of hydrogen-bond donors (Lipinski definition) is 1. The van der Waals surface area contributed by atoms with E-state index in [1.807, 2.05) is 0 Å². The van der Waals surface area contributed by atoms with Gasteiger partial charge in [-0.05, 0) is 48.4 Å². The van der Waals surface area contributed by atoms with Gasteiger partial charge in [-0.15, -0.1) is 0 Å². The zero-order valence-electron chi connectivity index (χ0n) is 11.7. The van der Waals surface area contributed by atoms with E-state index in [1.54, 1.807) is 18.2 Å². The molecule has 0 saturated carbocycles. The van der Waals surface area contributed by atoms with Gasteiger partial charge in [-0.1, -0.05) is 41.9 Å². The fraction of sp³-hybridized carbons (Fsp3) is 0.294. The highest BCUT2D eigenvalue weighted by molar-refractivity contribution is 7.85. The summed E-state index contributed by atoms with van der Waals surface area (Å²) in [7, 11) is -1.17. The smallest absolute Gasteiger partial charge is 0.0803 e. The molecule has 2 aromatic rings. The van der Waals surface area contributed by atoms with Gasteiger partial charge < -0.3 is 5.73 Å². The standard InChI is InChI=1S/C17H18ClNOS/c18-15-9-4-10-16(19)17(15)21(20)11-13-7-3-6-12-5-1-2-8-14(12)13/h1-2,4-5,8-10,13H,3,6-7,11,19H2. The second kappa shape index (κ2) is 6.20. The largest absolute Gasteiger partial charge is 0.398 e. The molecule has 2 unspecified atom stereocenters. The van der Waals surface area contributed by atoms with E-state index in [9.17, 15) is 4.21 Å². The summed E-state index contributed by atoms with van der Waals surface area (Å²) in [6.07, 6.45) is 3.34. The molecule has 2 nitrogen and oxygen atoms in total. The molecule has 1 aliphatic carbocycles. The van der Waals surface area contributed by atoms with E-state index in [0.29, 0.717) is 27.3 Å². The molecule has 0 amide bonds. The molecule has 2 aromatic carbocycles. The minimum Gasteiger partial charge on any atom is -0.398 e. The van der Waals surface area contributed by atoms with Crippen LogP contribution in [0.5, 0.6) is 0 Å². The highest BCUT2D eigenvalue weighted by Gasteiger charge is 2.23. The Morgan fingerprint density at radius 3 is 2.81 bits per heavy atom. The molecule has 0 aliphatic heterocycles. The van der Waals surface area contributed by atoms with Gasteiger partial charge in [0.2, 0.25) is 0 Å². The molecule has 2 N–H and O–H groups in total. The molecule has 0 fully saturated rings. The molecule has 4 heteroatoms. The highest BCUT2D eigenvalue weighted by atomic mass is 35.5. The van der Waals surface area contributed by atoms with E-state index in [4.69, 9.17) is 17.3 Å². The summed E-state index contributed by atoms with van der Waals surface area (Å²) in [5.41, 5.74) is 9.19. The van der Waals surface area contributed by atoms with Crippen LogP contribution in [-0.4, -0.2) is 9.96 Å². The third-order valence-electron chi connectivity index (χ3n) is 4.07. The fourth-order valence-electron chi connectivity index (χ4n) is 3.06. The number of rotatable bonds is 3. The van der Waals surface area contributed by atoms with E-state index in [-0.39, 0.29) is 0 Å². The van der Waals surface area contributed by atoms with Crippen LogP contribution in [0.25, 0.3) is 0 Å². The first kappa shape index (κ1) is 14.6. The van der Waals surface area contributed by atoms with Crippen molar-refractivity contribution in [3.05, 3.63) is 58.6 Å². The Labute approximate surface area is 132 Å². The van der Waals surface area contributed by atoms with Crippen LogP contribution in [0.1, 0.15) is 29.9 Å². The first-order valence-corrected chi connectivity index (χ1v) is 8.86. The molecule has 0 radical (unpaired) electrons. The average molecular weight is 320 g/mol. The van der Waals surface area contributed by atoms with Crippen LogP contribution in [0.2, 0.25) is 5.02 Å². The third kappa shape index (κ3) is 2.99. The molecule has 0 aromatic heterocycles. The second-order valence-electron chi connectivity index (χ2n) is 5.46. The summed E-state index contributed by atoms with van der Waals surface area (Å²) >= 11 is 6.17. The molecule has 0 saturated heterocycles. The van der Waals surface area contributed by atoms with Gasteiger partial charge in [-0.25, -0.2) is 0 Å². The predicted octanol–water partition coefficient (Wildman–Crippen LogP) is 4.15. The van der Waals surface area contributed by atoms with Crippen molar-refractivity contribution in [1.82, 2.24) is 0 Å². The molecule has 21 heavy (non-hydrogen) atoms. The van der Waals surface area contributed by atoms with E-state index in [0.717, 1.165) is 19.3 Å². The average Bonchev–Trinajstić information content (AvgIpc) is 2.47. The van der Waals surface area contributed by atoms with Gasteiger partial charge in [0.15, 0.2) is 0 Å². The van der Waals surface area contributed by atoms with E-state index in [2.05, 4.69) is 24.3 Å². The first-order valence-electron chi connectivity index (χ1n) is 7.17. The third-order valence-corrected chi connectivity index (χ3v) is 6.11. The van der Waals surface area contributed by atoms with Crippen LogP contribution < -0.4 is 5.73 Å². The zero-order chi connectivity index (χ0) is 14.8. The van der Waals surface area contributed by atoms with Crippen molar-refractivity contribution in [2.24, 2.45) is 0 Å². The Balaban J connectivity index is 1.86. The summed E-state index contributed by atoms with van der Waals surface area (Å²) in [4.78, 5) is 0.585.